The Bertz CT molecular complexity index is 784. The highest BCUT2D eigenvalue weighted by Crippen LogP contribution is 2.46. The Morgan fingerprint density at radius 3 is 2.07 bits per heavy atom. The first-order chi connectivity index (χ1) is 13.0. The van der Waals surface area contributed by atoms with Crippen LogP contribution in [0.25, 0.3) is 11.1 Å². The largest absolute Gasteiger partial charge is 0.480 e. The molecule has 1 aliphatic carbocycles. The number of unbranched alkanes of at least 4 members (excludes halogenated alkanes) is 2. The van der Waals surface area contributed by atoms with Gasteiger partial charge in [-0.25, -0.2) is 4.79 Å². The molecular formula is C23H27NO3. The quantitative estimate of drug-likeness (QED) is 0.691. The number of fused-ring (bicyclic) bond motifs is 3. The summed E-state index contributed by atoms with van der Waals surface area (Å²) in [5, 5.41) is 9.44. The highest BCUT2D eigenvalue weighted by molar-refractivity contribution is 5.87. The summed E-state index contributed by atoms with van der Waals surface area (Å²) in [6.45, 7) is 4.19. The van der Waals surface area contributed by atoms with Crippen molar-refractivity contribution in [3.63, 3.8) is 0 Å². The van der Waals surface area contributed by atoms with E-state index in [0.717, 1.165) is 30.4 Å². The Balaban J connectivity index is 1.86. The molecule has 0 saturated carbocycles. The summed E-state index contributed by atoms with van der Waals surface area (Å²) >= 11 is 0. The maximum absolute atomic E-state index is 13.1. The molecule has 4 heteroatoms. The van der Waals surface area contributed by atoms with Gasteiger partial charge in [-0.1, -0.05) is 68.3 Å². The van der Waals surface area contributed by atoms with Crippen LogP contribution in [0.4, 0.5) is 0 Å². The van der Waals surface area contributed by atoms with Gasteiger partial charge in [-0.2, -0.15) is 0 Å². The van der Waals surface area contributed by atoms with Gasteiger partial charge < -0.3 is 10.0 Å². The monoisotopic (exact) mass is 365 g/mol. The summed E-state index contributed by atoms with van der Waals surface area (Å²) in [5.41, 5.74) is 4.66. The molecule has 1 aliphatic rings. The van der Waals surface area contributed by atoms with E-state index in [1.54, 1.807) is 11.8 Å². The number of nitrogens with zero attached hydrogens (tertiary/aromatic N) is 1. The molecule has 2 aromatic carbocycles. The van der Waals surface area contributed by atoms with Crippen LogP contribution < -0.4 is 0 Å². The average molecular weight is 365 g/mol. The molecule has 1 atom stereocenters. The smallest absolute Gasteiger partial charge is 0.326 e. The number of carboxylic acid groups (broad SMARTS) is 1. The third-order valence-electron chi connectivity index (χ3n) is 5.49. The van der Waals surface area contributed by atoms with Crippen LogP contribution in [-0.2, 0) is 9.59 Å². The summed E-state index contributed by atoms with van der Waals surface area (Å²) in [5.74, 6) is -1.05. The van der Waals surface area contributed by atoms with Crippen LogP contribution in [0.5, 0.6) is 0 Å². The van der Waals surface area contributed by atoms with Crippen LogP contribution in [0.2, 0.25) is 0 Å². The zero-order valence-corrected chi connectivity index (χ0v) is 16.0. The van der Waals surface area contributed by atoms with Gasteiger partial charge in [0.05, 0.1) is 0 Å². The van der Waals surface area contributed by atoms with Crippen LogP contribution in [0.1, 0.15) is 56.6 Å². The van der Waals surface area contributed by atoms with E-state index in [1.807, 2.05) is 24.3 Å². The Hall–Kier alpha value is -2.62. The van der Waals surface area contributed by atoms with E-state index in [0.29, 0.717) is 13.0 Å². The first kappa shape index (κ1) is 19.2. The number of rotatable bonds is 8. The second-order valence-corrected chi connectivity index (χ2v) is 7.24. The molecule has 0 bridgehead atoms. The second kappa shape index (κ2) is 8.38. The summed E-state index contributed by atoms with van der Waals surface area (Å²) in [6, 6.07) is 15.6. The number of amides is 1. The van der Waals surface area contributed by atoms with Crippen molar-refractivity contribution in [3.05, 3.63) is 59.7 Å². The van der Waals surface area contributed by atoms with Crippen LogP contribution >= 0.6 is 0 Å². The number of hydrogen-bond donors (Lipinski definition) is 1. The maximum atomic E-state index is 13.1. The van der Waals surface area contributed by atoms with Crippen LogP contribution in [0.15, 0.2) is 48.5 Å². The highest BCUT2D eigenvalue weighted by atomic mass is 16.4. The molecule has 1 amide bonds. The number of carboxylic acids is 1. The fourth-order valence-corrected chi connectivity index (χ4v) is 3.97. The molecule has 0 saturated heterocycles. The minimum atomic E-state index is -0.952. The third-order valence-corrected chi connectivity index (χ3v) is 5.49. The van der Waals surface area contributed by atoms with Crippen molar-refractivity contribution < 1.29 is 14.7 Å². The normalized spacial score (nSPS) is 13.7. The average Bonchev–Trinajstić information content (AvgIpc) is 2.99. The molecule has 1 N–H and O–H groups in total. The van der Waals surface area contributed by atoms with Crippen LogP contribution in [0.3, 0.4) is 0 Å². The van der Waals surface area contributed by atoms with Gasteiger partial charge in [-0.05, 0) is 35.6 Å². The summed E-state index contributed by atoms with van der Waals surface area (Å²) < 4.78 is 0. The van der Waals surface area contributed by atoms with Crippen molar-refractivity contribution in [3.8, 4) is 11.1 Å². The fourth-order valence-electron chi connectivity index (χ4n) is 3.97. The van der Waals surface area contributed by atoms with Gasteiger partial charge in [0, 0.05) is 18.9 Å². The molecule has 0 heterocycles. The molecule has 3 rings (SSSR count). The van der Waals surface area contributed by atoms with Crippen molar-refractivity contribution in [2.45, 2.75) is 51.5 Å². The lowest BCUT2D eigenvalue weighted by Crippen LogP contribution is -2.44. The predicted octanol–water partition coefficient (Wildman–Crippen LogP) is 4.68. The van der Waals surface area contributed by atoms with E-state index in [-0.39, 0.29) is 11.8 Å². The van der Waals surface area contributed by atoms with E-state index in [4.69, 9.17) is 0 Å². The fraction of sp³-hybridized carbons (Fsp3) is 0.391. The van der Waals surface area contributed by atoms with Crippen LogP contribution in [-0.4, -0.2) is 34.5 Å². The molecule has 0 aromatic heterocycles. The van der Waals surface area contributed by atoms with Crippen molar-refractivity contribution in [2.24, 2.45) is 0 Å². The van der Waals surface area contributed by atoms with Crippen molar-refractivity contribution >= 4 is 11.9 Å². The molecule has 0 radical (unpaired) electrons. The minimum absolute atomic E-state index is 0.0143. The van der Waals surface area contributed by atoms with E-state index in [2.05, 4.69) is 31.2 Å². The Morgan fingerprint density at radius 1 is 1.00 bits per heavy atom. The Labute approximate surface area is 160 Å². The lowest BCUT2D eigenvalue weighted by molar-refractivity contribution is -0.149. The van der Waals surface area contributed by atoms with Gasteiger partial charge in [-0.3, -0.25) is 4.79 Å². The summed E-state index contributed by atoms with van der Waals surface area (Å²) in [6.07, 6.45) is 3.16. The van der Waals surface area contributed by atoms with Gasteiger partial charge >= 0.3 is 5.97 Å². The van der Waals surface area contributed by atoms with Crippen molar-refractivity contribution in [1.29, 1.82) is 0 Å². The van der Waals surface area contributed by atoms with E-state index in [1.165, 1.54) is 11.1 Å². The van der Waals surface area contributed by atoms with Gasteiger partial charge in [-0.15, -0.1) is 0 Å². The summed E-state index contributed by atoms with van der Waals surface area (Å²) in [4.78, 5) is 26.2. The zero-order valence-electron chi connectivity index (χ0n) is 16.0. The maximum Gasteiger partial charge on any atom is 0.326 e. The molecule has 0 spiro atoms. The number of hydrogen-bond acceptors (Lipinski definition) is 2. The molecule has 0 fully saturated rings. The van der Waals surface area contributed by atoms with Gasteiger partial charge in [0.1, 0.15) is 6.04 Å². The molecule has 142 valence electrons. The van der Waals surface area contributed by atoms with Crippen LogP contribution in [0, 0.1) is 0 Å². The number of benzene rings is 2. The number of carbonyl (C=O) groups excluding carboxylic acids is 1. The lowest BCUT2D eigenvalue weighted by atomic mass is 9.92. The molecule has 0 aliphatic heterocycles. The Morgan fingerprint density at radius 2 is 1.56 bits per heavy atom. The highest BCUT2D eigenvalue weighted by Gasteiger charge is 2.33. The van der Waals surface area contributed by atoms with Crippen molar-refractivity contribution in [1.82, 2.24) is 4.90 Å². The van der Waals surface area contributed by atoms with E-state index >= 15 is 0 Å². The zero-order chi connectivity index (χ0) is 19.4. The Kier molecular flexibility index (Phi) is 5.94. The SMILES string of the molecule is CCCCCN(C(=O)CC1c2ccccc2-c2ccccc21)C(C)C(=O)O. The van der Waals surface area contributed by atoms with E-state index in [9.17, 15) is 14.7 Å². The minimum Gasteiger partial charge on any atom is -0.480 e. The molecule has 1 unspecified atom stereocenters. The first-order valence-corrected chi connectivity index (χ1v) is 9.75. The lowest BCUT2D eigenvalue weighted by Gasteiger charge is -2.28. The topological polar surface area (TPSA) is 57.6 Å². The predicted molar refractivity (Wildman–Crippen MR) is 107 cm³/mol. The third kappa shape index (κ3) is 3.90. The van der Waals surface area contributed by atoms with Gasteiger partial charge in [0.25, 0.3) is 0 Å². The van der Waals surface area contributed by atoms with Crippen molar-refractivity contribution in [2.75, 3.05) is 6.54 Å². The number of carbonyl (C=O) groups is 2. The van der Waals surface area contributed by atoms with E-state index < -0.39 is 12.0 Å². The summed E-state index contributed by atoms with van der Waals surface area (Å²) in [7, 11) is 0. The second-order valence-electron chi connectivity index (χ2n) is 7.24. The molecule has 2 aromatic rings. The molecular weight excluding hydrogens is 338 g/mol. The number of aliphatic carboxylic acids is 1. The van der Waals surface area contributed by atoms with Gasteiger partial charge in [0.15, 0.2) is 0 Å². The van der Waals surface area contributed by atoms with Gasteiger partial charge in [0.2, 0.25) is 5.91 Å². The molecule has 4 nitrogen and oxygen atoms in total. The first-order valence-electron chi connectivity index (χ1n) is 9.75. The standard InChI is InChI=1S/C23H27NO3/c1-3-4-9-14-24(16(2)23(26)27)22(25)15-21-19-12-7-5-10-17(19)18-11-6-8-13-20(18)21/h5-8,10-13,16,21H,3-4,9,14-15H2,1-2H3,(H,26,27). The molecule has 27 heavy (non-hydrogen) atoms.